The number of para-hydroxylation sites is 1. The normalized spacial score (nSPS) is 15.1. The van der Waals surface area contributed by atoms with Gasteiger partial charge in [0, 0.05) is 0 Å². The number of amides is 1. The van der Waals surface area contributed by atoms with Gasteiger partial charge >= 0.3 is 5.97 Å². The Hall–Kier alpha value is -4.30. The van der Waals surface area contributed by atoms with Crippen LogP contribution in [0.5, 0.6) is 0 Å². The van der Waals surface area contributed by atoms with Crippen LogP contribution in [-0.4, -0.2) is 24.0 Å². The molecule has 35 heavy (non-hydrogen) atoms. The summed E-state index contributed by atoms with van der Waals surface area (Å²) in [6.45, 7) is 2.00. The molecule has 0 fully saturated rings. The fourth-order valence-electron chi connectivity index (χ4n) is 4.47. The lowest BCUT2D eigenvalue weighted by Gasteiger charge is -2.22. The molecule has 2 aromatic heterocycles. The molecule has 0 saturated heterocycles. The molecule has 7 nitrogen and oxygen atoms in total. The van der Waals surface area contributed by atoms with E-state index in [9.17, 15) is 14.4 Å². The van der Waals surface area contributed by atoms with Crippen molar-refractivity contribution in [3.63, 3.8) is 0 Å². The minimum atomic E-state index is -0.758. The van der Waals surface area contributed by atoms with E-state index in [1.807, 2.05) is 25.1 Å². The van der Waals surface area contributed by atoms with Crippen LogP contribution in [0.15, 0.2) is 75.9 Å². The average molecular weight is 483 g/mol. The zero-order valence-corrected chi connectivity index (χ0v) is 19.6. The van der Waals surface area contributed by atoms with Gasteiger partial charge in [-0.2, -0.15) is 0 Å². The van der Waals surface area contributed by atoms with E-state index in [0.29, 0.717) is 27.2 Å². The first kappa shape index (κ1) is 21.2. The van der Waals surface area contributed by atoms with Gasteiger partial charge in [0.15, 0.2) is 10.6 Å². The van der Waals surface area contributed by atoms with E-state index < -0.39 is 17.9 Å². The Morgan fingerprint density at radius 1 is 1.06 bits per heavy atom. The largest absolute Gasteiger partial charge is 0.465 e. The maximum atomic E-state index is 13.7. The van der Waals surface area contributed by atoms with Gasteiger partial charge in [0.2, 0.25) is 5.76 Å². The summed E-state index contributed by atoms with van der Waals surface area (Å²) in [6.07, 6.45) is 0. The van der Waals surface area contributed by atoms with E-state index in [-0.39, 0.29) is 16.8 Å². The van der Waals surface area contributed by atoms with E-state index in [1.165, 1.54) is 23.3 Å². The Morgan fingerprint density at radius 2 is 1.83 bits per heavy atom. The fourth-order valence-corrected chi connectivity index (χ4v) is 5.56. The highest BCUT2D eigenvalue weighted by atomic mass is 32.1. The van der Waals surface area contributed by atoms with E-state index in [2.05, 4.69) is 0 Å². The predicted octanol–water partition coefficient (Wildman–Crippen LogP) is 5.25. The summed E-state index contributed by atoms with van der Waals surface area (Å²) in [5.41, 5.74) is 3.22. The van der Waals surface area contributed by atoms with Crippen LogP contribution in [0.3, 0.4) is 0 Å². The highest BCUT2D eigenvalue weighted by Crippen LogP contribution is 2.43. The number of aryl methyl sites for hydroxylation is 1. The molecule has 172 valence electrons. The summed E-state index contributed by atoms with van der Waals surface area (Å²) in [7, 11) is 1.31. The van der Waals surface area contributed by atoms with Crippen LogP contribution in [-0.2, 0) is 4.74 Å². The SMILES string of the molecule is COC(=O)c1ccc(C2c3c(oc4ccccc4c3=O)C(=O)N2c2nc3ccc(C)cc3s2)cc1. The minimum absolute atomic E-state index is 0.00572. The number of carbonyl (C=O) groups excluding carboxylic acids is 2. The molecule has 1 unspecified atom stereocenters. The Bertz CT molecular complexity index is 1720. The molecule has 1 aliphatic heterocycles. The topological polar surface area (TPSA) is 89.7 Å². The second-order valence-electron chi connectivity index (χ2n) is 8.33. The first-order valence-corrected chi connectivity index (χ1v) is 11.7. The number of rotatable bonds is 3. The third-order valence-electron chi connectivity index (χ3n) is 6.16. The fraction of sp³-hybridized carbons (Fsp3) is 0.111. The molecule has 5 aromatic rings. The maximum Gasteiger partial charge on any atom is 0.337 e. The molecule has 0 spiro atoms. The summed E-state index contributed by atoms with van der Waals surface area (Å²) < 4.78 is 11.7. The van der Waals surface area contributed by atoms with Gasteiger partial charge in [0.25, 0.3) is 5.91 Å². The lowest BCUT2D eigenvalue weighted by atomic mass is 9.98. The average Bonchev–Trinajstić information content (AvgIpc) is 3.42. The lowest BCUT2D eigenvalue weighted by Crippen LogP contribution is -2.29. The van der Waals surface area contributed by atoms with E-state index in [0.717, 1.165) is 15.8 Å². The Morgan fingerprint density at radius 3 is 2.60 bits per heavy atom. The second-order valence-corrected chi connectivity index (χ2v) is 9.34. The summed E-state index contributed by atoms with van der Waals surface area (Å²) >= 11 is 1.38. The number of fused-ring (bicyclic) bond motifs is 3. The highest BCUT2D eigenvalue weighted by Gasteiger charge is 2.45. The van der Waals surface area contributed by atoms with E-state index in [1.54, 1.807) is 48.5 Å². The molecule has 1 aliphatic rings. The lowest BCUT2D eigenvalue weighted by molar-refractivity contribution is 0.0600. The van der Waals surface area contributed by atoms with Gasteiger partial charge in [-0.05, 0) is 54.4 Å². The van der Waals surface area contributed by atoms with Crippen molar-refractivity contribution < 1.29 is 18.7 Å². The molecule has 0 bridgehead atoms. The second kappa shape index (κ2) is 7.89. The molecule has 8 heteroatoms. The molecule has 3 aromatic carbocycles. The van der Waals surface area contributed by atoms with Crippen LogP contribution in [0, 0.1) is 6.92 Å². The van der Waals surface area contributed by atoms with Crippen LogP contribution in [0.1, 0.15) is 43.6 Å². The molecule has 0 N–H and O–H groups in total. The number of ether oxygens (including phenoxy) is 1. The summed E-state index contributed by atoms with van der Waals surface area (Å²) in [6, 6.07) is 18.7. The number of aromatic nitrogens is 1. The van der Waals surface area contributed by atoms with Gasteiger partial charge in [0.1, 0.15) is 5.58 Å². The number of hydrogen-bond acceptors (Lipinski definition) is 7. The number of carbonyl (C=O) groups is 2. The number of nitrogens with zero attached hydrogens (tertiary/aromatic N) is 2. The zero-order chi connectivity index (χ0) is 24.3. The van der Waals surface area contributed by atoms with Gasteiger partial charge < -0.3 is 9.15 Å². The van der Waals surface area contributed by atoms with Crippen LogP contribution in [0.25, 0.3) is 21.2 Å². The quantitative estimate of drug-likeness (QED) is 0.327. The number of anilines is 1. The van der Waals surface area contributed by atoms with Crippen molar-refractivity contribution in [2.24, 2.45) is 0 Å². The molecular weight excluding hydrogens is 464 g/mol. The molecule has 0 radical (unpaired) electrons. The predicted molar refractivity (Wildman–Crippen MR) is 133 cm³/mol. The van der Waals surface area contributed by atoms with Crippen molar-refractivity contribution in [3.05, 3.63) is 105 Å². The first-order chi connectivity index (χ1) is 17.0. The van der Waals surface area contributed by atoms with Crippen molar-refractivity contribution in [2.45, 2.75) is 13.0 Å². The van der Waals surface area contributed by atoms with Gasteiger partial charge in [-0.3, -0.25) is 14.5 Å². The van der Waals surface area contributed by atoms with Gasteiger partial charge in [-0.15, -0.1) is 0 Å². The molecular formula is C27H18N2O5S. The van der Waals surface area contributed by atoms with Gasteiger partial charge in [0.05, 0.1) is 39.9 Å². The van der Waals surface area contributed by atoms with Gasteiger partial charge in [-0.1, -0.05) is 41.7 Å². The smallest absolute Gasteiger partial charge is 0.337 e. The summed E-state index contributed by atoms with van der Waals surface area (Å²) in [4.78, 5) is 45.5. The number of esters is 1. The van der Waals surface area contributed by atoms with Gasteiger partial charge in [-0.25, -0.2) is 9.78 Å². The number of methoxy groups -OCH3 is 1. The van der Waals surface area contributed by atoms with Crippen molar-refractivity contribution in [1.82, 2.24) is 4.98 Å². The standard InChI is InChI=1S/C27H18N2O5S/c1-14-7-12-18-20(13-14)35-27(28-18)29-22(15-8-10-16(11-9-15)26(32)33-2)21-23(30)17-5-3-4-6-19(17)34-24(21)25(29)31/h3-13,22H,1-2H3. The molecule has 1 atom stereocenters. The first-order valence-electron chi connectivity index (χ1n) is 10.9. The van der Waals surface area contributed by atoms with Crippen LogP contribution in [0.4, 0.5) is 5.13 Å². The highest BCUT2D eigenvalue weighted by molar-refractivity contribution is 7.22. The van der Waals surface area contributed by atoms with Crippen LogP contribution in [0.2, 0.25) is 0 Å². The van der Waals surface area contributed by atoms with Crippen molar-refractivity contribution in [3.8, 4) is 0 Å². The number of hydrogen-bond donors (Lipinski definition) is 0. The third-order valence-corrected chi connectivity index (χ3v) is 7.18. The molecule has 0 aliphatic carbocycles. The van der Waals surface area contributed by atoms with Crippen molar-refractivity contribution in [1.29, 1.82) is 0 Å². The Labute approximate surface area is 203 Å². The minimum Gasteiger partial charge on any atom is -0.465 e. The van der Waals surface area contributed by atoms with E-state index >= 15 is 0 Å². The molecule has 1 amide bonds. The third kappa shape index (κ3) is 3.25. The summed E-state index contributed by atoms with van der Waals surface area (Å²) in [5.74, 6) is -0.893. The number of thiazole rings is 1. The molecule has 6 rings (SSSR count). The molecule has 3 heterocycles. The van der Waals surface area contributed by atoms with Crippen LogP contribution < -0.4 is 10.3 Å². The summed E-state index contributed by atoms with van der Waals surface area (Å²) in [5, 5.41) is 0.865. The Kier molecular flexibility index (Phi) is 4.79. The van der Waals surface area contributed by atoms with Crippen molar-refractivity contribution >= 4 is 49.5 Å². The zero-order valence-electron chi connectivity index (χ0n) is 18.8. The van der Waals surface area contributed by atoms with Crippen molar-refractivity contribution in [2.75, 3.05) is 12.0 Å². The Balaban J connectivity index is 1.59. The maximum absolute atomic E-state index is 13.7. The monoisotopic (exact) mass is 482 g/mol. The van der Waals surface area contributed by atoms with Crippen LogP contribution >= 0.6 is 11.3 Å². The number of benzene rings is 3. The van der Waals surface area contributed by atoms with E-state index in [4.69, 9.17) is 14.1 Å². The molecule has 0 saturated carbocycles.